The van der Waals surface area contributed by atoms with E-state index >= 15 is 0 Å². The number of aryl methyl sites for hydroxylation is 3. The molecule has 31 heavy (non-hydrogen) atoms. The number of hydrogen-bond acceptors (Lipinski definition) is 5. The third-order valence-electron chi connectivity index (χ3n) is 6.05. The van der Waals surface area contributed by atoms with Crippen LogP contribution in [0, 0.1) is 26.7 Å². The van der Waals surface area contributed by atoms with Gasteiger partial charge in [-0.05, 0) is 51.7 Å². The largest absolute Gasteiger partial charge is 0.450 e. The molecule has 2 saturated heterocycles. The highest BCUT2D eigenvalue weighted by Crippen LogP contribution is 2.29. The average Bonchev–Trinajstić information content (AvgIpc) is 2.72. The molecule has 1 aromatic rings. The van der Waals surface area contributed by atoms with E-state index in [1.54, 1.807) is 16.7 Å². The maximum Gasteiger partial charge on any atom is 0.409 e. The average molecular weight is 452 g/mol. The van der Waals surface area contributed by atoms with Crippen LogP contribution >= 0.6 is 0 Å². The number of benzene rings is 1. The van der Waals surface area contributed by atoms with Crippen molar-refractivity contribution in [2.45, 2.75) is 45.4 Å². The summed E-state index contributed by atoms with van der Waals surface area (Å²) >= 11 is 0. The maximum atomic E-state index is 13.4. The third kappa shape index (κ3) is 5.03. The van der Waals surface area contributed by atoms with Crippen molar-refractivity contribution < 1.29 is 22.7 Å². The van der Waals surface area contributed by atoms with Crippen LogP contribution in [0.3, 0.4) is 0 Å². The quantitative estimate of drug-likeness (QED) is 0.701. The first kappa shape index (κ1) is 23.5. The van der Waals surface area contributed by atoms with Crippen molar-refractivity contribution in [1.29, 1.82) is 0 Å². The van der Waals surface area contributed by atoms with E-state index < -0.39 is 10.0 Å². The number of hydrogen-bond donors (Lipinski definition) is 0. The summed E-state index contributed by atoms with van der Waals surface area (Å²) in [7, 11) is -3.67. The lowest BCUT2D eigenvalue weighted by molar-refractivity contribution is -0.138. The number of carbonyl (C=O) groups excluding carboxylic acids is 2. The number of nitrogens with zero attached hydrogens (tertiary/aromatic N) is 3. The Labute approximate surface area is 185 Å². The Morgan fingerprint density at radius 3 is 2.16 bits per heavy atom. The zero-order valence-corrected chi connectivity index (χ0v) is 19.7. The van der Waals surface area contributed by atoms with E-state index in [1.165, 1.54) is 4.31 Å². The van der Waals surface area contributed by atoms with E-state index in [1.807, 2.05) is 32.9 Å². The fraction of sp³-hybridized carbons (Fsp3) is 0.636. The highest BCUT2D eigenvalue weighted by molar-refractivity contribution is 7.89. The number of piperazine rings is 1. The van der Waals surface area contributed by atoms with Gasteiger partial charge in [-0.3, -0.25) is 4.79 Å². The van der Waals surface area contributed by atoms with Crippen LogP contribution in [0.25, 0.3) is 0 Å². The first-order valence-electron chi connectivity index (χ1n) is 10.9. The summed E-state index contributed by atoms with van der Waals surface area (Å²) in [6.45, 7) is 10.1. The number of piperidine rings is 1. The number of rotatable bonds is 4. The second kappa shape index (κ2) is 9.56. The zero-order chi connectivity index (χ0) is 22.8. The van der Waals surface area contributed by atoms with Gasteiger partial charge in [-0.1, -0.05) is 17.7 Å². The molecule has 2 amide bonds. The second-order valence-corrected chi connectivity index (χ2v) is 10.3. The molecule has 1 atom stereocenters. The van der Waals surface area contributed by atoms with Gasteiger partial charge in [-0.25, -0.2) is 13.2 Å². The lowest BCUT2D eigenvalue weighted by Crippen LogP contribution is -2.54. The predicted molar refractivity (Wildman–Crippen MR) is 117 cm³/mol. The summed E-state index contributed by atoms with van der Waals surface area (Å²) < 4.78 is 33.3. The Hall–Kier alpha value is -2.13. The first-order chi connectivity index (χ1) is 14.6. The number of carbonyl (C=O) groups is 2. The van der Waals surface area contributed by atoms with Crippen molar-refractivity contribution in [3.8, 4) is 0 Å². The molecule has 0 aromatic heterocycles. The summed E-state index contributed by atoms with van der Waals surface area (Å²) in [5, 5.41) is 0. The summed E-state index contributed by atoms with van der Waals surface area (Å²) in [6.07, 6.45) is 0.977. The Kier molecular flexibility index (Phi) is 7.26. The minimum Gasteiger partial charge on any atom is -0.450 e. The molecule has 0 N–H and O–H groups in total. The molecule has 0 saturated carbocycles. The van der Waals surface area contributed by atoms with Crippen LogP contribution in [0.15, 0.2) is 17.0 Å². The van der Waals surface area contributed by atoms with Gasteiger partial charge in [0, 0.05) is 39.3 Å². The highest BCUT2D eigenvalue weighted by Gasteiger charge is 2.37. The predicted octanol–water partition coefficient (Wildman–Crippen LogP) is 2.31. The lowest BCUT2D eigenvalue weighted by Gasteiger charge is -2.38. The summed E-state index contributed by atoms with van der Waals surface area (Å²) in [5.74, 6) is -0.385. The normalized spacial score (nSPS) is 20.6. The van der Waals surface area contributed by atoms with Crippen molar-refractivity contribution in [2.24, 2.45) is 5.92 Å². The van der Waals surface area contributed by atoms with E-state index in [0.29, 0.717) is 57.1 Å². The second-order valence-electron chi connectivity index (χ2n) is 8.44. The summed E-state index contributed by atoms with van der Waals surface area (Å²) in [4.78, 5) is 28.7. The Morgan fingerprint density at radius 1 is 1.00 bits per heavy atom. The van der Waals surface area contributed by atoms with Crippen molar-refractivity contribution in [2.75, 3.05) is 45.9 Å². The molecule has 2 aliphatic heterocycles. The van der Waals surface area contributed by atoms with Gasteiger partial charge in [0.15, 0.2) is 0 Å². The minimum absolute atomic E-state index is 0.0271. The van der Waals surface area contributed by atoms with Crippen LogP contribution in [-0.2, 0) is 19.6 Å². The molecule has 2 fully saturated rings. The van der Waals surface area contributed by atoms with E-state index in [-0.39, 0.29) is 24.5 Å². The Balaban J connectivity index is 1.68. The van der Waals surface area contributed by atoms with Gasteiger partial charge >= 0.3 is 6.09 Å². The van der Waals surface area contributed by atoms with E-state index in [0.717, 1.165) is 16.7 Å². The molecule has 0 aliphatic carbocycles. The van der Waals surface area contributed by atoms with Crippen molar-refractivity contribution in [3.63, 3.8) is 0 Å². The van der Waals surface area contributed by atoms with Crippen LogP contribution in [0.5, 0.6) is 0 Å². The molecule has 0 spiro atoms. The molecule has 0 unspecified atom stereocenters. The van der Waals surface area contributed by atoms with E-state index in [9.17, 15) is 18.0 Å². The standard InChI is InChI=1S/C22H33N3O5S/c1-5-30-22(27)24-11-9-23(10-12-24)21(26)19-7-6-8-25(15-19)31(28,29)20-17(3)13-16(2)14-18(20)4/h13-14,19H,5-12,15H2,1-4H3/t19-/m1/s1. The molecule has 2 heterocycles. The molecule has 9 heteroatoms. The van der Waals surface area contributed by atoms with Crippen LogP contribution in [-0.4, -0.2) is 80.4 Å². The first-order valence-corrected chi connectivity index (χ1v) is 12.4. The minimum atomic E-state index is -3.67. The van der Waals surface area contributed by atoms with Gasteiger partial charge < -0.3 is 14.5 Å². The molecule has 172 valence electrons. The molecular formula is C22H33N3O5S. The summed E-state index contributed by atoms with van der Waals surface area (Å²) in [6, 6.07) is 3.77. The van der Waals surface area contributed by atoms with E-state index in [2.05, 4.69) is 0 Å². The smallest absolute Gasteiger partial charge is 0.409 e. The topological polar surface area (TPSA) is 87.2 Å². The van der Waals surface area contributed by atoms with Gasteiger partial charge in [0.05, 0.1) is 17.4 Å². The number of sulfonamides is 1. The molecule has 1 aromatic carbocycles. The van der Waals surface area contributed by atoms with Crippen LogP contribution < -0.4 is 0 Å². The Morgan fingerprint density at radius 2 is 1.58 bits per heavy atom. The number of amides is 2. The monoisotopic (exact) mass is 451 g/mol. The Bertz CT molecular complexity index is 915. The number of ether oxygens (including phenoxy) is 1. The molecule has 2 aliphatic rings. The van der Waals surface area contributed by atoms with Gasteiger partial charge in [0.25, 0.3) is 0 Å². The zero-order valence-electron chi connectivity index (χ0n) is 18.9. The van der Waals surface area contributed by atoms with Crippen molar-refractivity contribution >= 4 is 22.0 Å². The summed E-state index contributed by atoms with van der Waals surface area (Å²) in [5.41, 5.74) is 2.50. The fourth-order valence-electron chi connectivity index (χ4n) is 4.65. The SMILES string of the molecule is CCOC(=O)N1CCN(C(=O)[C@@H]2CCCN(S(=O)(=O)c3c(C)cc(C)cc3C)C2)CC1. The molecule has 0 radical (unpaired) electrons. The van der Waals surface area contributed by atoms with Crippen molar-refractivity contribution in [1.82, 2.24) is 14.1 Å². The van der Waals surface area contributed by atoms with Crippen LogP contribution in [0.1, 0.15) is 36.5 Å². The van der Waals surface area contributed by atoms with Gasteiger partial charge in [-0.15, -0.1) is 0 Å². The van der Waals surface area contributed by atoms with Gasteiger partial charge in [-0.2, -0.15) is 4.31 Å². The fourth-order valence-corrected chi connectivity index (χ4v) is 6.58. The van der Waals surface area contributed by atoms with E-state index in [4.69, 9.17) is 4.74 Å². The lowest BCUT2D eigenvalue weighted by atomic mass is 9.98. The van der Waals surface area contributed by atoms with Crippen LogP contribution in [0.4, 0.5) is 4.79 Å². The van der Waals surface area contributed by atoms with Crippen LogP contribution in [0.2, 0.25) is 0 Å². The molecule has 0 bridgehead atoms. The molecular weight excluding hydrogens is 418 g/mol. The van der Waals surface area contributed by atoms with Gasteiger partial charge in [0.2, 0.25) is 15.9 Å². The van der Waals surface area contributed by atoms with Gasteiger partial charge in [0.1, 0.15) is 0 Å². The molecule has 8 nitrogen and oxygen atoms in total. The highest BCUT2D eigenvalue weighted by atomic mass is 32.2. The third-order valence-corrected chi connectivity index (χ3v) is 8.22. The van der Waals surface area contributed by atoms with Crippen molar-refractivity contribution in [3.05, 3.63) is 28.8 Å². The molecule has 3 rings (SSSR count). The maximum absolute atomic E-state index is 13.4.